The number of hydrogen-bond acceptors (Lipinski definition) is 4. The minimum absolute atomic E-state index is 0.0167. The molecule has 0 aliphatic heterocycles. The zero-order valence-corrected chi connectivity index (χ0v) is 9.22. The van der Waals surface area contributed by atoms with Gasteiger partial charge < -0.3 is 10.4 Å². The lowest BCUT2D eigenvalue weighted by molar-refractivity contribution is -0.136. The average molecular weight is 226 g/mol. The quantitative estimate of drug-likeness (QED) is 0.825. The van der Waals surface area contributed by atoms with E-state index in [0.717, 1.165) is 5.13 Å². The number of hydrogen-bond donors (Lipinski definition) is 2. The van der Waals surface area contributed by atoms with Crippen molar-refractivity contribution in [1.29, 1.82) is 0 Å². The maximum Gasteiger partial charge on any atom is 0.309 e. The number of aromatic nitrogens is 1. The number of thiazole rings is 1. The second kappa shape index (κ2) is 4.61. The molecule has 0 saturated heterocycles. The topological polar surface area (TPSA) is 62.2 Å². The summed E-state index contributed by atoms with van der Waals surface area (Å²) in [7, 11) is 0. The number of carbonyl (C=O) groups is 1. The highest BCUT2D eigenvalue weighted by Gasteiger charge is 2.16. The smallest absolute Gasteiger partial charge is 0.309 e. The lowest BCUT2D eigenvalue weighted by Crippen LogP contribution is -2.14. The van der Waals surface area contributed by atoms with Gasteiger partial charge in [-0.2, -0.15) is 0 Å². The van der Waals surface area contributed by atoms with E-state index < -0.39 is 5.97 Å². The van der Waals surface area contributed by atoms with Crippen molar-refractivity contribution in [2.24, 2.45) is 0 Å². The lowest BCUT2D eigenvalue weighted by Gasteiger charge is -2.09. The Hall–Kier alpha value is -1.10. The molecule has 1 aromatic rings. The summed E-state index contributed by atoms with van der Waals surface area (Å²) in [6, 6.07) is 0.536. The van der Waals surface area contributed by atoms with Crippen LogP contribution in [0.1, 0.15) is 31.4 Å². The predicted molar refractivity (Wildman–Crippen MR) is 59.3 cm³/mol. The lowest BCUT2D eigenvalue weighted by atomic mass is 10.3. The Bertz CT molecular complexity index is 345. The molecule has 2 rings (SSSR count). The van der Waals surface area contributed by atoms with Crippen molar-refractivity contribution in [3.05, 3.63) is 11.1 Å². The van der Waals surface area contributed by atoms with Gasteiger partial charge in [0, 0.05) is 11.4 Å². The first kappa shape index (κ1) is 10.4. The van der Waals surface area contributed by atoms with Crippen molar-refractivity contribution >= 4 is 22.4 Å². The van der Waals surface area contributed by atoms with Crippen LogP contribution >= 0.6 is 11.3 Å². The predicted octanol–water partition coefficient (Wildman–Crippen LogP) is 2.12. The number of nitrogens with one attached hydrogen (secondary N) is 1. The third kappa shape index (κ3) is 2.92. The minimum Gasteiger partial charge on any atom is -0.481 e. The number of aliphatic carboxylic acids is 1. The third-order valence-corrected chi connectivity index (χ3v) is 3.39. The Morgan fingerprint density at radius 2 is 2.33 bits per heavy atom. The summed E-state index contributed by atoms with van der Waals surface area (Å²) in [5.74, 6) is -0.826. The Morgan fingerprint density at radius 3 is 3.00 bits per heavy atom. The molecule has 1 aliphatic rings. The Balaban J connectivity index is 1.91. The van der Waals surface area contributed by atoms with Crippen LogP contribution in [0, 0.1) is 0 Å². The molecule has 5 heteroatoms. The van der Waals surface area contributed by atoms with Gasteiger partial charge in [-0.15, -0.1) is 11.3 Å². The van der Waals surface area contributed by atoms with Crippen molar-refractivity contribution < 1.29 is 9.90 Å². The van der Waals surface area contributed by atoms with Crippen LogP contribution in [-0.4, -0.2) is 22.1 Å². The summed E-state index contributed by atoms with van der Waals surface area (Å²) in [6.45, 7) is 0. The molecule has 0 amide bonds. The first-order chi connectivity index (χ1) is 7.24. The van der Waals surface area contributed by atoms with Crippen molar-refractivity contribution in [2.75, 3.05) is 5.32 Å². The molecule has 82 valence electrons. The molecule has 0 bridgehead atoms. The van der Waals surface area contributed by atoms with E-state index in [1.807, 2.05) is 5.38 Å². The second-order valence-electron chi connectivity index (χ2n) is 3.84. The van der Waals surface area contributed by atoms with Crippen LogP contribution in [0.5, 0.6) is 0 Å². The summed E-state index contributed by atoms with van der Waals surface area (Å²) in [6.07, 6.45) is 4.99. The molecule has 1 saturated carbocycles. The van der Waals surface area contributed by atoms with Gasteiger partial charge in [0.1, 0.15) is 0 Å². The van der Waals surface area contributed by atoms with Crippen molar-refractivity contribution in [1.82, 2.24) is 4.98 Å². The van der Waals surface area contributed by atoms with Crippen molar-refractivity contribution in [2.45, 2.75) is 38.1 Å². The molecule has 0 unspecified atom stereocenters. The number of rotatable bonds is 4. The van der Waals surface area contributed by atoms with E-state index >= 15 is 0 Å². The Morgan fingerprint density at radius 1 is 1.60 bits per heavy atom. The molecule has 2 N–H and O–H groups in total. The van der Waals surface area contributed by atoms with Crippen molar-refractivity contribution in [3.63, 3.8) is 0 Å². The van der Waals surface area contributed by atoms with Crippen LogP contribution in [0.2, 0.25) is 0 Å². The highest BCUT2D eigenvalue weighted by Crippen LogP contribution is 2.24. The van der Waals surface area contributed by atoms with E-state index in [0.29, 0.717) is 11.7 Å². The molecule has 15 heavy (non-hydrogen) atoms. The molecular formula is C10H14N2O2S. The standard InChI is InChI=1S/C10H14N2O2S/c13-9(14)5-8-6-15-10(12-8)11-7-3-1-2-4-7/h6-7H,1-5H2,(H,11,12)(H,13,14). The first-order valence-corrected chi connectivity index (χ1v) is 6.05. The van der Waals surface area contributed by atoms with Gasteiger partial charge in [0.25, 0.3) is 0 Å². The molecule has 0 atom stereocenters. The van der Waals surface area contributed by atoms with Gasteiger partial charge in [-0.1, -0.05) is 12.8 Å². The fourth-order valence-corrected chi connectivity index (χ4v) is 2.64. The van der Waals surface area contributed by atoms with Gasteiger partial charge in [-0.05, 0) is 12.8 Å². The number of carboxylic acid groups (broad SMARTS) is 1. The molecule has 1 heterocycles. The highest BCUT2D eigenvalue weighted by atomic mass is 32.1. The number of carboxylic acids is 1. The van der Waals surface area contributed by atoms with E-state index in [9.17, 15) is 4.79 Å². The molecule has 0 radical (unpaired) electrons. The normalized spacial score (nSPS) is 16.8. The molecule has 0 spiro atoms. The molecule has 1 aromatic heterocycles. The van der Waals surface area contributed by atoms with Gasteiger partial charge in [-0.3, -0.25) is 4.79 Å². The monoisotopic (exact) mass is 226 g/mol. The van der Waals surface area contributed by atoms with E-state index in [2.05, 4.69) is 10.3 Å². The van der Waals surface area contributed by atoms with E-state index in [1.54, 1.807) is 0 Å². The minimum atomic E-state index is -0.826. The van der Waals surface area contributed by atoms with Gasteiger partial charge in [0.05, 0.1) is 12.1 Å². The Kier molecular flexibility index (Phi) is 3.20. The third-order valence-electron chi connectivity index (χ3n) is 2.57. The van der Waals surface area contributed by atoms with Gasteiger partial charge >= 0.3 is 5.97 Å². The largest absolute Gasteiger partial charge is 0.481 e. The highest BCUT2D eigenvalue weighted by molar-refractivity contribution is 7.13. The fraction of sp³-hybridized carbons (Fsp3) is 0.600. The molecule has 0 aromatic carbocycles. The van der Waals surface area contributed by atoms with Gasteiger partial charge in [0.2, 0.25) is 0 Å². The second-order valence-corrected chi connectivity index (χ2v) is 4.70. The summed E-state index contributed by atoms with van der Waals surface area (Å²) in [5, 5.41) is 14.6. The number of anilines is 1. The van der Waals surface area contributed by atoms with Crippen LogP contribution in [0.3, 0.4) is 0 Å². The van der Waals surface area contributed by atoms with Crippen LogP contribution in [0.4, 0.5) is 5.13 Å². The van der Waals surface area contributed by atoms with Crippen molar-refractivity contribution in [3.8, 4) is 0 Å². The van der Waals surface area contributed by atoms with Crippen LogP contribution in [-0.2, 0) is 11.2 Å². The van der Waals surface area contributed by atoms with Crippen LogP contribution < -0.4 is 5.32 Å². The van der Waals surface area contributed by atoms with E-state index in [1.165, 1.54) is 37.0 Å². The summed E-state index contributed by atoms with van der Waals surface area (Å²) < 4.78 is 0. The summed E-state index contributed by atoms with van der Waals surface area (Å²) in [4.78, 5) is 14.7. The molecule has 1 fully saturated rings. The fourth-order valence-electron chi connectivity index (χ4n) is 1.85. The van der Waals surface area contributed by atoms with Crippen LogP contribution in [0.15, 0.2) is 5.38 Å². The number of nitrogens with zero attached hydrogens (tertiary/aromatic N) is 1. The van der Waals surface area contributed by atoms with Crippen LogP contribution in [0.25, 0.3) is 0 Å². The summed E-state index contributed by atoms with van der Waals surface area (Å²) in [5.41, 5.74) is 0.646. The van der Waals surface area contributed by atoms with Gasteiger partial charge in [0.15, 0.2) is 5.13 Å². The summed E-state index contributed by atoms with van der Waals surface area (Å²) >= 11 is 1.49. The zero-order valence-electron chi connectivity index (χ0n) is 8.40. The average Bonchev–Trinajstić information content (AvgIpc) is 2.77. The van der Waals surface area contributed by atoms with E-state index in [4.69, 9.17) is 5.11 Å². The molecular weight excluding hydrogens is 212 g/mol. The molecule has 1 aliphatic carbocycles. The zero-order chi connectivity index (χ0) is 10.7. The maximum atomic E-state index is 10.5. The molecule has 4 nitrogen and oxygen atoms in total. The maximum absolute atomic E-state index is 10.5. The van der Waals surface area contributed by atoms with E-state index in [-0.39, 0.29) is 6.42 Å². The Labute approximate surface area is 92.3 Å². The first-order valence-electron chi connectivity index (χ1n) is 5.17. The SMILES string of the molecule is O=C(O)Cc1csc(NC2CCCC2)n1. The van der Waals surface area contributed by atoms with Gasteiger partial charge in [-0.25, -0.2) is 4.98 Å².